The van der Waals surface area contributed by atoms with Crippen LogP contribution >= 0.6 is 23.2 Å². The quantitative estimate of drug-likeness (QED) is 0.741. The van der Waals surface area contributed by atoms with Crippen molar-refractivity contribution in [1.29, 1.82) is 0 Å². The van der Waals surface area contributed by atoms with Crippen molar-refractivity contribution in [3.63, 3.8) is 0 Å². The number of hydrogen-bond donors (Lipinski definition) is 1. The molecule has 0 aliphatic heterocycles. The van der Waals surface area contributed by atoms with Gasteiger partial charge in [-0.1, -0.05) is 43.1 Å². The van der Waals surface area contributed by atoms with Crippen molar-refractivity contribution in [1.82, 2.24) is 9.88 Å². The van der Waals surface area contributed by atoms with E-state index in [1.54, 1.807) is 42.3 Å². The van der Waals surface area contributed by atoms with Gasteiger partial charge < -0.3 is 15.4 Å². The summed E-state index contributed by atoms with van der Waals surface area (Å²) in [5.41, 5.74) is 6.51. The van der Waals surface area contributed by atoms with Crippen molar-refractivity contribution >= 4 is 29.1 Å². The fourth-order valence-corrected chi connectivity index (χ4v) is 2.57. The average molecular weight is 396 g/mol. The van der Waals surface area contributed by atoms with Gasteiger partial charge in [-0.25, -0.2) is 4.98 Å². The second kappa shape index (κ2) is 9.21. The zero-order valence-electron chi connectivity index (χ0n) is 15.1. The zero-order chi connectivity index (χ0) is 19.3. The minimum atomic E-state index is -0.110. The number of carbonyl (C=O) groups is 1. The van der Waals surface area contributed by atoms with Crippen molar-refractivity contribution in [2.45, 2.75) is 26.3 Å². The predicted molar refractivity (Wildman–Crippen MR) is 105 cm³/mol. The third-order valence-corrected chi connectivity index (χ3v) is 4.92. The number of carbonyl (C=O) groups excluding carboxylic acids is 1. The highest BCUT2D eigenvalue weighted by Gasteiger charge is 2.15. The van der Waals surface area contributed by atoms with Crippen LogP contribution in [-0.4, -0.2) is 35.4 Å². The molecule has 1 heterocycles. The van der Waals surface area contributed by atoms with Gasteiger partial charge in [0, 0.05) is 31.9 Å². The van der Waals surface area contributed by atoms with Crippen LogP contribution in [-0.2, 0) is 0 Å². The van der Waals surface area contributed by atoms with Gasteiger partial charge in [0.15, 0.2) is 0 Å². The first-order valence-electron chi connectivity index (χ1n) is 8.38. The summed E-state index contributed by atoms with van der Waals surface area (Å²) in [6, 6.07) is 8.47. The molecular weight excluding hydrogens is 373 g/mol. The van der Waals surface area contributed by atoms with Gasteiger partial charge in [-0.05, 0) is 30.5 Å². The van der Waals surface area contributed by atoms with E-state index in [2.05, 4.69) is 18.8 Å². The lowest BCUT2D eigenvalue weighted by Crippen LogP contribution is -2.34. The molecule has 2 N–H and O–H groups in total. The SMILES string of the molecule is CC(C)C(N)CCN(C)C(=O)c1ccc(Oc2cccc(Cl)c2Cl)nc1. The van der Waals surface area contributed by atoms with Crippen molar-refractivity contribution in [3.8, 4) is 11.6 Å². The molecule has 26 heavy (non-hydrogen) atoms. The number of amides is 1. The standard InChI is InChI=1S/C19H23Cl2N3O2/c1-12(2)15(22)9-10-24(3)19(25)13-7-8-17(23-11-13)26-16-6-4-5-14(20)18(16)21/h4-8,11-12,15H,9-10,22H2,1-3H3. The molecule has 7 heteroatoms. The van der Waals surface area contributed by atoms with E-state index in [1.807, 2.05) is 0 Å². The molecule has 2 rings (SSSR count). The fourth-order valence-electron chi connectivity index (χ4n) is 2.24. The maximum Gasteiger partial charge on any atom is 0.255 e. The number of pyridine rings is 1. The molecule has 0 spiro atoms. The summed E-state index contributed by atoms with van der Waals surface area (Å²) in [7, 11) is 1.76. The summed E-state index contributed by atoms with van der Waals surface area (Å²) in [6.07, 6.45) is 2.23. The van der Waals surface area contributed by atoms with Crippen LogP contribution in [0, 0.1) is 5.92 Å². The molecule has 140 valence electrons. The van der Waals surface area contributed by atoms with Gasteiger partial charge in [0.2, 0.25) is 5.88 Å². The number of halogens is 2. The Kier molecular flexibility index (Phi) is 7.26. The third-order valence-electron chi connectivity index (χ3n) is 4.11. The smallest absolute Gasteiger partial charge is 0.255 e. The zero-order valence-corrected chi connectivity index (χ0v) is 16.6. The van der Waals surface area contributed by atoms with Gasteiger partial charge >= 0.3 is 0 Å². The van der Waals surface area contributed by atoms with Crippen LogP contribution in [0.3, 0.4) is 0 Å². The second-order valence-electron chi connectivity index (χ2n) is 6.46. The summed E-state index contributed by atoms with van der Waals surface area (Å²) in [5.74, 6) is 1.01. The predicted octanol–water partition coefficient (Wildman–Crippen LogP) is 4.63. The van der Waals surface area contributed by atoms with Gasteiger partial charge in [0.05, 0.1) is 10.6 Å². The molecule has 5 nitrogen and oxygen atoms in total. The molecule has 2 aromatic rings. The van der Waals surface area contributed by atoms with Crippen LogP contribution in [0.1, 0.15) is 30.6 Å². The maximum absolute atomic E-state index is 12.5. The first kappa shape index (κ1) is 20.5. The van der Waals surface area contributed by atoms with E-state index in [1.165, 1.54) is 6.20 Å². The van der Waals surface area contributed by atoms with E-state index in [0.717, 1.165) is 6.42 Å². The van der Waals surface area contributed by atoms with Crippen molar-refractivity contribution < 1.29 is 9.53 Å². The highest BCUT2D eigenvalue weighted by molar-refractivity contribution is 6.42. The third kappa shape index (κ3) is 5.34. The Balaban J connectivity index is 2.00. The van der Waals surface area contributed by atoms with E-state index in [9.17, 15) is 4.79 Å². The Hall–Kier alpha value is -1.82. The Morgan fingerprint density at radius 3 is 2.62 bits per heavy atom. The number of nitrogens with two attached hydrogens (primary N) is 1. The molecule has 0 saturated carbocycles. The molecule has 0 saturated heterocycles. The summed E-state index contributed by atoms with van der Waals surface area (Å²) in [5, 5.41) is 0.717. The number of nitrogens with zero attached hydrogens (tertiary/aromatic N) is 2. The Morgan fingerprint density at radius 1 is 1.27 bits per heavy atom. The van der Waals surface area contributed by atoms with Gasteiger partial charge in [-0.2, -0.15) is 0 Å². The number of rotatable bonds is 7. The van der Waals surface area contributed by atoms with Crippen molar-refractivity contribution in [2.75, 3.05) is 13.6 Å². The maximum atomic E-state index is 12.5. The molecule has 0 aliphatic rings. The van der Waals surface area contributed by atoms with Gasteiger partial charge in [-0.15, -0.1) is 0 Å². The van der Waals surface area contributed by atoms with Gasteiger partial charge in [0.25, 0.3) is 5.91 Å². The summed E-state index contributed by atoms with van der Waals surface area (Å²) < 4.78 is 5.62. The number of benzene rings is 1. The lowest BCUT2D eigenvalue weighted by atomic mass is 10.0. The molecular formula is C19H23Cl2N3O2. The monoisotopic (exact) mass is 395 g/mol. The first-order chi connectivity index (χ1) is 12.3. The molecule has 0 aliphatic carbocycles. The van der Waals surface area contributed by atoms with Crippen LogP contribution in [0.2, 0.25) is 10.0 Å². The second-order valence-corrected chi connectivity index (χ2v) is 7.25. The number of hydrogen-bond acceptors (Lipinski definition) is 4. The molecule has 1 amide bonds. The largest absolute Gasteiger partial charge is 0.437 e. The van der Waals surface area contributed by atoms with Crippen LogP contribution in [0.5, 0.6) is 11.6 Å². The minimum Gasteiger partial charge on any atom is -0.437 e. The normalized spacial score (nSPS) is 12.1. The van der Waals surface area contributed by atoms with Crippen LogP contribution in [0.25, 0.3) is 0 Å². The Bertz CT molecular complexity index is 751. The molecule has 0 fully saturated rings. The van der Waals surface area contributed by atoms with Gasteiger partial charge in [0.1, 0.15) is 10.8 Å². The van der Waals surface area contributed by atoms with Crippen molar-refractivity contribution in [2.24, 2.45) is 11.7 Å². The van der Waals surface area contributed by atoms with E-state index in [4.69, 9.17) is 33.7 Å². The summed E-state index contributed by atoms with van der Waals surface area (Å²) in [4.78, 5) is 18.3. The average Bonchev–Trinajstić information content (AvgIpc) is 2.63. The first-order valence-corrected chi connectivity index (χ1v) is 9.14. The highest BCUT2D eigenvalue weighted by atomic mass is 35.5. The van der Waals surface area contributed by atoms with E-state index in [-0.39, 0.29) is 11.9 Å². The van der Waals surface area contributed by atoms with E-state index < -0.39 is 0 Å². The lowest BCUT2D eigenvalue weighted by molar-refractivity contribution is 0.0788. The van der Waals surface area contributed by atoms with E-state index in [0.29, 0.717) is 39.7 Å². The molecule has 0 radical (unpaired) electrons. The number of ether oxygens (including phenoxy) is 1. The van der Waals surface area contributed by atoms with Crippen LogP contribution < -0.4 is 10.5 Å². The Morgan fingerprint density at radius 2 is 2.00 bits per heavy atom. The Labute approximate surface area is 164 Å². The van der Waals surface area contributed by atoms with Crippen LogP contribution in [0.15, 0.2) is 36.5 Å². The van der Waals surface area contributed by atoms with Gasteiger partial charge in [-0.3, -0.25) is 4.79 Å². The molecule has 1 aromatic carbocycles. The molecule has 0 bridgehead atoms. The van der Waals surface area contributed by atoms with Crippen molar-refractivity contribution in [3.05, 3.63) is 52.1 Å². The lowest BCUT2D eigenvalue weighted by Gasteiger charge is -2.21. The molecule has 1 aromatic heterocycles. The topological polar surface area (TPSA) is 68.5 Å². The van der Waals surface area contributed by atoms with Crippen LogP contribution in [0.4, 0.5) is 0 Å². The summed E-state index contributed by atoms with van der Waals surface area (Å²) >= 11 is 12.1. The number of aromatic nitrogens is 1. The molecule has 1 unspecified atom stereocenters. The fraction of sp³-hybridized carbons (Fsp3) is 0.368. The minimum absolute atomic E-state index is 0.0709. The highest BCUT2D eigenvalue weighted by Crippen LogP contribution is 2.33. The molecule has 1 atom stereocenters. The summed E-state index contributed by atoms with van der Waals surface area (Å²) in [6.45, 7) is 4.73. The van der Waals surface area contributed by atoms with E-state index >= 15 is 0 Å².